The first kappa shape index (κ1) is 13.4. The Kier molecular flexibility index (Phi) is 4.70. The Morgan fingerprint density at radius 3 is 2.81 bits per heavy atom. The van der Waals surface area contributed by atoms with Gasteiger partial charge in [-0.05, 0) is 20.8 Å². The highest BCUT2D eigenvalue weighted by atomic mass is 16.6. The highest BCUT2D eigenvalue weighted by molar-refractivity contribution is 5.72. The number of rotatable bonds is 3. The lowest BCUT2D eigenvalue weighted by Crippen LogP contribution is -2.46. The van der Waals surface area contributed by atoms with Crippen LogP contribution in [0.15, 0.2) is 0 Å². The predicted octanol–water partition coefficient (Wildman–Crippen LogP) is 0.0212. The molecule has 1 heterocycles. The van der Waals surface area contributed by atoms with Gasteiger partial charge in [0.1, 0.15) is 5.60 Å². The summed E-state index contributed by atoms with van der Waals surface area (Å²) >= 11 is 0. The molecule has 1 rings (SSSR count). The van der Waals surface area contributed by atoms with Crippen LogP contribution in [0.5, 0.6) is 0 Å². The number of carbonyl (C=O) groups excluding carboxylic acids is 1. The monoisotopic (exact) mass is 231 g/mol. The lowest BCUT2D eigenvalue weighted by Gasteiger charge is -2.32. The van der Waals surface area contributed by atoms with E-state index >= 15 is 0 Å². The molecular formula is C11H21NO4. The molecule has 1 saturated heterocycles. The zero-order chi connectivity index (χ0) is 12.2. The summed E-state index contributed by atoms with van der Waals surface area (Å²) in [5.74, 6) is -0.230. The van der Waals surface area contributed by atoms with E-state index in [0.29, 0.717) is 19.7 Å². The number of esters is 1. The summed E-state index contributed by atoms with van der Waals surface area (Å²) in [4.78, 5) is 13.5. The summed E-state index contributed by atoms with van der Waals surface area (Å²) in [6.07, 6.45) is -0.184. The molecule has 0 bridgehead atoms. The molecule has 16 heavy (non-hydrogen) atoms. The van der Waals surface area contributed by atoms with Gasteiger partial charge in [0.15, 0.2) is 0 Å². The van der Waals surface area contributed by atoms with Gasteiger partial charge in [-0.2, -0.15) is 0 Å². The maximum Gasteiger partial charge on any atom is 0.320 e. The molecule has 1 atom stereocenters. The van der Waals surface area contributed by atoms with E-state index in [4.69, 9.17) is 14.6 Å². The van der Waals surface area contributed by atoms with Gasteiger partial charge >= 0.3 is 5.97 Å². The molecule has 0 radical (unpaired) electrons. The maximum absolute atomic E-state index is 11.6. The van der Waals surface area contributed by atoms with E-state index in [9.17, 15) is 4.79 Å². The smallest absolute Gasteiger partial charge is 0.320 e. The first-order valence-corrected chi connectivity index (χ1v) is 5.57. The number of aliphatic hydroxyl groups excluding tert-OH is 1. The van der Waals surface area contributed by atoms with Crippen molar-refractivity contribution in [2.24, 2.45) is 0 Å². The number of carbonyl (C=O) groups is 1. The van der Waals surface area contributed by atoms with Gasteiger partial charge in [0.2, 0.25) is 0 Å². The summed E-state index contributed by atoms with van der Waals surface area (Å²) in [6, 6.07) is 0. The molecule has 1 fully saturated rings. The van der Waals surface area contributed by atoms with Crippen molar-refractivity contribution in [3.63, 3.8) is 0 Å². The molecule has 1 N–H and O–H groups in total. The average molecular weight is 231 g/mol. The summed E-state index contributed by atoms with van der Waals surface area (Å²) in [5, 5.41) is 8.96. The predicted molar refractivity (Wildman–Crippen MR) is 59.1 cm³/mol. The third-order valence-corrected chi connectivity index (χ3v) is 2.20. The van der Waals surface area contributed by atoms with Crippen molar-refractivity contribution in [2.75, 3.05) is 32.8 Å². The van der Waals surface area contributed by atoms with Gasteiger partial charge in [-0.25, -0.2) is 0 Å². The zero-order valence-corrected chi connectivity index (χ0v) is 10.2. The first-order chi connectivity index (χ1) is 7.40. The third kappa shape index (κ3) is 4.92. The average Bonchev–Trinajstić information content (AvgIpc) is 2.15. The Morgan fingerprint density at radius 2 is 2.25 bits per heavy atom. The number of aliphatic hydroxyl groups is 1. The van der Waals surface area contributed by atoms with Gasteiger partial charge < -0.3 is 14.6 Å². The van der Waals surface area contributed by atoms with E-state index in [1.807, 2.05) is 25.7 Å². The zero-order valence-electron chi connectivity index (χ0n) is 10.2. The Bertz CT molecular complexity index is 237. The Balaban J connectivity index is 2.33. The summed E-state index contributed by atoms with van der Waals surface area (Å²) in [6.45, 7) is 7.63. The molecule has 0 aliphatic carbocycles. The quantitative estimate of drug-likeness (QED) is 0.694. The van der Waals surface area contributed by atoms with Crippen LogP contribution in [0.4, 0.5) is 0 Å². The summed E-state index contributed by atoms with van der Waals surface area (Å²) in [5.41, 5.74) is -0.445. The van der Waals surface area contributed by atoms with Crippen LogP contribution in [0.25, 0.3) is 0 Å². The molecular weight excluding hydrogens is 210 g/mol. The number of hydrogen-bond acceptors (Lipinski definition) is 5. The largest absolute Gasteiger partial charge is 0.459 e. The fourth-order valence-electron chi connectivity index (χ4n) is 1.59. The van der Waals surface area contributed by atoms with Crippen LogP contribution in [0, 0.1) is 0 Å². The van der Waals surface area contributed by atoms with E-state index in [2.05, 4.69) is 0 Å². The van der Waals surface area contributed by atoms with Crippen molar-refractivity contribution in [3.8, 4) is 0 Å². The number of morpholine rings is 1. The molecule has 0 amide bonds. The molecule has 94 valence electrons. The summed E-state index contributed by atoms with van der Waals surface area (Å²) in [7, 11) is 0. The van der Waals surface area contributed by atoms with Crippen LogP contribution >= 0.6 is 0 Å². The van der Waals surface area contributed by atoms with E-state index < -0.39 is 5.60 Å². The van der Waals surface area contributed by atoms with Crippen LogP contribution in [0.2, 0.25) is 0 Å². The first-order valence-electron chi connectivity index (χ1n) is 5.57. The van der Waals surface area contributed by atoms with Crippen molar-refractivity contribution in [2.45, 2.75) is 32.5 Å². The standard InChI is InChI=1S/C11H21NO4/c1-11(2,3)16-10(14)7-12-4-5-15-9(6-12)8-13/h9,13H,4-8H2,1-3H3. The lowest BCUT2D eigenvalue weighted by atomic mass is 10.2. The molecule has 0 aromatic carbocycles. The molecule has 0 aromatic rings. The second-order valence-electron chi connectivity index (χ2n) is 5.00. The van der Waals surface area contributed by atoms with Crippen LogP contribution in [0.1, 0.15) is 20.8 Å². The topological polar surface area (TPSA) is 59.0 Å². The molecule has 5 nitrogen and oxygen atoms in total. The Hall–Kier alpha value is -0.650. The molecule has 5 heteroatoms. The second-order valence-corrected chi connectivity index (χ2v) is 5.00. The molecule has 0 saturated carbocycles. The molecule has 1 aliphatic rings. The van der Waals surface area contributed by atoms with Crippen molar-refractivity contribution < 1.29 is 19.4 Å². The summed E-state index contributed by atoms with van der Waals surface area (Å²) < 4.78 is 10.5. The van der Waals surface area contributed by atoms with E-state index in [-0.39, 0.29) is 25.2 Å². The van der Waals surface area contributed by atoms with Crippen LogP contribution in [0.3, 0.4) is 0 Å². The van der Waals surface area contributed by atoms with Gasteiger partial charge in [-0.1, -0.05) is 0 Å². The number of ether oxygens (including phenoxy) is 2. The minimum atomic E-state index is -0.445. The number of hydrogen-bond donors (Lipinski definition) is 1. The molecule has 1 unspecified atom stereocenters. The van der Waals surface area contributed by atoms with Crippen molar-refractivity contribution in [1.82, 2.24) is 4.90 Å². The lowest BCUT2D eigenvalue weighted by molar-refractivity contribution is -0.158. The van der Waals surface area contributed by atoms with Crippen molar-refractivity contribution in [1.29, 1.82) is 0 Å². The van der Waals surface area contributed by atoms with E-state index in [1.54, 1.807) is 0 Å². The third-order valence-electron chi connectivity index (χ3n) is 2.20. The van der Waals surface area contributed by atoms with Gasteiger partial charge in [0.25, 0.3) is 0 Å². The molecule has 1 aliphatic heterocycles. The van der Waals surface area contributed by atoms with Crippen LogP contribution in [-0.4, -0.2) is 60.5 Å². The Labute approximate surface area is 96.3 Å². The molecule has 0 aromatic heterocycles. The van der Waals surface area contributed by atoms with Gasteiger partial charge in [-0.15, -0.1) is 0 Å². The van der Waals surface area contributed by atoms with E-state index in [0.717, 1.165) is 0 Å². The Morgan fingerprint density at radius 1 is 1.56 bits per heavy atom. The van der Waals surface area contributed by atoms with Gasteiger partial charge in [0, 0.05) is 13.1 Å². The highest BCUT2D eigenvalue weighted by Gasteiger charge is 2.24. The van der Waals surface area contributed by atoms with Crippen molar-refractivity contribution in [3.05, 3.63) is 0 Å². The minimum absolute atomic E-state index is 0.00911. The molecule has 0 spiro atoms. The van der Waals surface area contributed by atoms with Crippen molar-refractivity contribution >= 4 is 5.97 Å². The van der Waals surface area contributed by atoms with Crippen LogP contribution < -0.4 is 0 Å². The maximum atomic E-state index is 11.6. The number of nitrogens with zero attached hydrogens (tertiary/aromatic N) is 1. The fraction of sp³-hybridized carbons (Fsp3) is 0.909. The SMILES string of the molecule is CC(C)(C)OC(=O)CN1CCOC(CO)C1. The van der Waals surface area contributed by atoms with Gasteiger partial charge in [-0.3, -0.25) is 9.69 Å². The highest BCUT2D eigenvalue weighted by Crippen LogP contribution is 2.09. The second kappa shape index (κ2) is 5.61. The normalized spacial score (nSPS) is 23.1. The fourth-order valence-corrected chi connectivity index (χ4v) is 1.59. The van der Waals surface area contributed by atoms with E-state index in [1.165, 1.54) is 0 Å². The van der Waals surface area contributed by atoms with Gasteiger partial charge in [0.05, 0.1) is 25.9 Å². The minimum Gasteiger partial charge on any atom is -0.459 e. The van der Waals surface area contributed by atoms with Crippen LogP contribution in [-0.2, 0) is 14.3 Å².